The van der Waals surface area contributed by atoms with Crippen molar-refractivity contribution in [2.75, 3.05) is 0 Å². The van der Waals surface area contributed by atoms with Crippen LogP contribution in [0.1, 0.15) is 0 Å². The van der Waals surface area contributed by atoms with E-state index in [1.807, 2.05) is 48.5 Å². The van der Waals surface area contributed by atoms with Crippen LogP contribution in [0.3, 0.4) is 0 Å². The van der Waals surface area contributed by atoms with Gasteiger partial charge in [0, 0.05) is 33.2 Å². The molecule has 0 aliphatic heterocycles. The monoisotopic (exact) mass is 513 g/mol. The lowest BCUT2D eigenvalue weighted by Crippen LogP contribution is -1.97. The van der Waals surface area contributed by atoms with Crippen molar-refractivity contribution in [2.45, 2.75) is 0 Å². The third kappa shape index (κ3) is 3.62. The fourth-order valence-electron chi connectivity index (χ4n) is 5.54. The van der Waals surface area contributed by atoms with Gasteiger partial charge < -0.3 is 8.98 Å². The van der Waals surface area contributed by atoms with Gasteiger partial charge in [0.05, 0.1) is 16.9 Å². The molecule has 0 aliphatic rings. The van der Waals surface area contributed by atoms with E-state index in [0.29, 0.717) is 5.82 Å². The van der Waals surface area contributed by atoms with Crippen molar-refractivity contribution in [3.8, 4) is 39.6 Å². The molecule has 0 bridgehead atoms. The van der Waals surface area contributed by atoms with E-state index in [9.17, 15) is 0 Å². The van der Waals surface area contributed by atoms with E-state index in [4.69, 9.17) is 14.4 Å². The minimum Gasteiger partial charge on any atom is -0.454 e. The van der Waals surface area contributed by atoms with Crippen molar-refractivity contribution >= 4 is 33.0 Å². The van der Waals surface area contributed by atoms with E-state index < -0.39 is 0 Å². The van der Waals surface area contributed by atoms with Gasteiger partial charge in [-0.3, -0.25) is 0 Å². The molecule has 4 heteroatoms. The van der Waals surface area contributed by atoms with Gasteiger partial charge in [-0.2, -0.15) is 0 Å². The molecular weight excluding hydrogens is 490 g/mol. The van der Waals surface area contributed by atoms with Crippen LogP contribution in [-0.2, 0) is 0 Å². The summed E-state index contributed by atoms with van der Waals surface area (Å²) in [5.41, 5.74) is 9.94. The van der Waals surface area contributed by atoms with Gasteiger partial charge in [-0.25, -0.2) is 9.97 Å². The second kappa shape index (κ2) is 9.07. The molecule has 0 atom stereocenters. The normalized spacial score (nSPS) is 11.5. The van der Waals surface area contributed by atoms with Crippen LogP contribution in [0.4, 0.5) is 0 Å². The summed E-state index contributed by atoms with van der Waals surface area (Å²) in [4.78, 5) is 9.98. The highest BCUT2D eigenvalue weighted by Gasteiger charge is 2.19. The quantitative estimate of drug-likeness (QED) is 0.235. The van der Waals surface area contributed by atoms with Gasteiger partial charge in [0.15, 0.2) is 11.4 Å². The Bertz CT molecular complexity index is 2080. The molecule has 8 rings (SSSR count). The summed E-state index contributed by atoms with van der Waals surface area (Å²) in [6.45, 7) is 0. The maximum atomic E-state index is 6.33. The predicted molar refractivity (Wildman–Crippen MR) is 162 cm³/mol. The fraction of sp³-hybridized carbons (Fsp3) is 0. The van der Waals surface area contributed by atoms with E-state index in [1.54, 1.807) is 0 Å². The number of fused-ring (bicyclic) bond motifs is 5. The Morgan fingerprint density at radius 3 is 1.75 bits per heavy atom. The molecule has 3 heterocycles. The molecule has 0 unspecified atom stereocenters. The largest absolute Gasteiger partial charge is 0.454 e. The zero-order valence-corrected chi connectivity index (χ0v) is 21.5. The van der Waals surface area contributed by atoms with Crippen LogP contribution in [0.5, 0.6) is 0 Å². The Hall–Kier alpha value is -5.48. The van der Waals surface area contributed by atoms with E-state index >= 15 is 0 Å². The average molecular weight is 514 g/mol. The summed E-state index contributed by atoms with van der Waals surface area (Å²) >= 11 is 0. The molecule has 188 valence electrons. The zero-order chi connectivity index (χ0) is 26.5. The second-order valence-corrected chi connectivity index (χ2v) is 9.87. The highest BCUT2D eigenvalue weighted by Crippen LogP contribution is 2.39. The number of hydrogen-bond acceptors (Lipinski definition) is 3. The lowest BCUT2D eigenvalue weighted by Gasteiger charge is -2.11. The van der Waals surface area contributed by atoms with Crippen LogP contribution >= 0.6 is 0 Å². The Balaban J connectivity index is 1.29. The van der Waals surface area contributed by atoms with Crippen LogP contribution in [0.15, 0.2) is 144 Å². The molecule has 0 saturated heterocycles. The molecule has 3 aromatic heterocycles. The molecule has 0 amide bonds. The van der Waals surface area contributed by atoms with Crippen LogP contribution in [0.2, 0.25) is 0 Å². The van der Waals surface area contributed by atoms with Crippen molar-refractivity contribution < 1.29 is 4.42 Å². The summed E-state index contributed by atoms with van der Waals surface area (Å²) in [6, 6.07) is 47.7. The molecule has 40 heavy (non-hydrogen) atoms. The number of hydrogen-bond donors (Lipinski definition) is 0. The van der Waals surface area contributed by atoms with Crippen LogP contribution in [0.25, 0.3) is 72.6 Å². The third-order valence-corrected chi connectivity index (χ3v) is 7.43. The number of rotatable bonds is 4. The molecule has 0 fully saturated rings. The number of aromatic nitrogens is 3. The number of furan rings is 1. The lowest BCUT2D eigenvalue weighted by molar-refractivity contribution is 0.673. The van der Waals surface area contributed by atoms with Crippen LogP contribution in [0, 0.1) is 0 Å². The third-order valence-electron chi connectivity index (χ3n) is 7.43. The zero-order valence-electron chi connectivity index (χ0n) is 21.5. The van der Waals surface area contributed by atoms with Crippen molar-refractivity contribution in [1.82, 2.24) is 14.5 Å². The first kappa shape index (κ1) is 22.5. The van der Waals surface area contributed by atoms with Gasteiger partial charge in [-0.05, 0) is 54.6 Å². The average Bonchev–Trinajstić information content (AvgIpc) is 3.57. The first-order chi connectivity index (χ1) is 19.8. The van der Waals surface area contributed by atoms with Crippen molar-refractivity contribution in [1.29, 1.82) is 0 Å². The van der Waals surface area contributed by atoms with Gasteiger partial charge in [-0.1, -0.05) is 84.9 Å². The maximum Gasteiger partial charge on any atom is 0.161 e. The topological polar surface area (TPSA) is 43.9 Å². The first-order valence-electron chi connectivity index (χ1n) is 13.3. The highest BCUT2D eigenvalue weighted by molar-refractivity contribution is 6.16. The Kier molecular flexibility index (Phi) is 5.10. The Morgan fingerprint density at radius 1 is 0.500 bits per heavy atom. The minimum atomic E-state index is 0.697. The molecular formula is C36H23N3O. The molecule has 0 radical (unpaired) electrons. The highest BCUT2D eigenvalue weighted by atomic mass is 16.3. The molecule has 0 aliphatic carbocycles. The van der Waals surface area contributed by atoms with Crippen molar-refractivity contribution in [3.63, 3.8) is 0 Å². The second-order valence-electron chi connectivity index (χ2n) is 9.87. The predicted octanol–water partition coefficient (Wildman–Crippen LogP) is 9.32. The summed E-state index contributed by atoms with van der Waals surface area (Å²) < 4.78 is 8.62. The van der Waals surface area contributed by atoms with Crippen LogP contribution < -0.4 is 0 Å². The molecule has 0 saturated carbocycles. The molecule has 5 aromatic carbocycles. The SMILES string of the molecule is c1ccc(-c2cc(-c3ccccc3)nc(-c3ccc(-n4c5ccccc5c5oc6ccccc6c54)cc3)n2)cc1. The van der Waals surface area contributed by atoms with Gasteiger partial charge in [0.1, 0.15) is 11.1 Å². The van der Waals surface area contributed by atoms with Crippen molar-refractivity contribution in [2.24, 2.45) is 0 Å². The standard InChI is InChI=1S/C36H23N3O/c1-3-11-24(12-4-1)30-23-31(25-13-5-2-6-14-25)38-36(37-30)26-19-21-27(22-20-26)39-32-17-9-7-15-28(32)35-34(39)29-16-8-10-18-33(29)40-35/h1-23H. The molecule has 0 N–H and O–H groups in total. The molecule has 0 spiro atoms. The van der Waals surface area contributed by atoms with E-state index in [-0.39, 0.29) is 0 Å². The van der Waals surface area contributed by atoms with Gasteiger partial charge in [0.25, 0.3) is 0 Å². The van der Waals surface area contributed by atoms with Crippen LogP contribution in [-0.4, -0.2) is 14.5 Å². The molecule has 8 aromatic rings. The summed E-state index contributed by atoms with van der Waals surface area (Å²) in [7, 11) is 0. The van der Waals surface area contributed by atoms with Gasteiger partial charge >= 0.3 is 0 Å². The summed E-state index contributed by atoms with van der Waals surface area (Å²) in [6.07, 6.45) is 0. The minimum absolute atomic E-state index is 0.697. The maximum absolute atomic E-state index is 6.33. The van der Waals surface area contributed by atoms with Gasteiger partial charge in [0.2, 0.25) is 0 Å². The Labute approximate surface area is 230 Å². The van der Waals surface area contributed by atoms with Gasteiger partial charge in [-0.15, -0.1) is 0 Å². The fourth-order valence-corrected chi connectivity index (χ4v) is 5.54. The Morgan fingerprint density at radius 2 is 1.07 bits per heavy atom. The lowest BCUT2D eigenvalue weighted by atomic mass is 10.1. The number of nitrogens with zero attached hydrogens (tertiary/aromatic N) is 3. The summed E-state index contributed by atoms with van der Waals surface area (Å²) in [5, 5.41) is 2.20. The number of para-hydroxylation sites is 2. The first-order valence-corrected chi connectivity index (χ1v) is 13.3. The smallest absolute Gasteiger partial charge is 0.161 e. The van der Waals surface area contributed by atoms with Crippen molar-refractivity contribution in [3.05, 3.63) is 140 Å². The van der Waals surface area contributed by atoms with E-state index in [1.165, 1.54) is 0 Å². The molecule has 4 nitrogen and oxygen atoms in total. The van der Waals surface area contributed by atoms with E-state index in [2.05, 4.69) is 95.6 Å². The number of benzene rings is 5. The summed E-state index contributed by atoms with van der Waals surface area (Å²) in [5.74, 6) is 0.697. The van der Waals surface area contributed by atoms with E-state index in [0.717, 1.165) is 66.7 Å².